The fourth-order valence-corrected chi connectivity index (χ4v) is 0.781. The summed E-state index contributed by atoms with van der Waals surface area (Å²) in [6.45, 7) is 2.42. The van der Waals surface area contributed by atoms with Crippen LogP contribution in [-0.4, -0.2) is 42.6 Å². The Kier molecular flexibility index (Phi) is 6.33. The maximum atomic E-state index is 11.3. The Morgan fingerprint density at radius 3 is 2.06 bits per heavy atom. The fraction of sp³-hybridized carbons (Fsp3) is 0.667. The van der Waals surface area contributed by atoms with Crippen LogP contribution in [0.1, 0.15) is 13.8 Å². The van der Waals surface area contributed by atoms with Crippen molar-refractivity contribution in [3.8, 4) is 0 Å². The van der Waals surface area contributed by atoms with Gasteiger partial charge in [0.15, 0.2) is 0 Å². The average Bonchev–Trinajstić information content (AvgIpc) is 2.27. The highest BCUT2D eigenvalue weighted by Crippen LogP contribution is 2.00. The Balaban J connectivity index is 4.30. The molecule has 0 bridgehead atoms. The van der Waals surface area contributed by atoms with Crippen molar-refractivity contribution in [1.29, 1.82) is 0 Å². The van der Waals surface area contributed by atoms with Crippen molar-refractivity contribution in [2.24, 2.45) is 17.2 Å². The van der Waals surface area contributed by atoms with Gasteiger partial charge in [-0.1, -0.05) is 0 Å². The summed E-state index contributed by atoms with van der Waals surface area (Å²) in [5, 5.41) is 0. The van der Waals surface area contributed by atoms with E-state index in [1.54, 1.807) is 0 Å². The molecule has 8 heteroatoms. The van der Waals surface area contributed by atoms with Gasteiger partial charge in [0.05, 0.1) is 6.54 Å². The molecule has 0 rings (SSSR count). The fourth-order valence-electron chi connectivity index (χ4n) is 0.781. The first-order valence-corrected chi connectivity index (χ1v) is 4.95. The zero-order valence-corrected chi connectivity index (χ0v) is 9.71. The van der Waals surface area contributed by atoms with Crippen molar-refractivity contribution >= 4 is 17.9 Å². The summed E-state index contributed by atoms with van der Waals surface area (Å²) in [4.78, 5) is 33.2. The normalized spacial score (nSPS) is 15.6. The quantitative estimate of drug-likeness (QED) is 0.360. The van der Waals surface area contributed by atoms with Gasteiger partial charge in [-0.2, -0.15) is 0 Å². The predicted octanol–water partition coefficient (Wildman–Crippen LogP) is -2.38. The molecule has 0 aromatic heterocycles. The first-order valence-electron chi connectivity index (χ1n) is 4.95. The first kappa shape index (κ1) is 15.5. The molecule has 0 aromatic carbocycles. The summed E-state index contributed by atoms with van der Waals surface area (Å²) in [5.74, 6) is -2.62. The van der Waals surface area contributed by atoms with E-state index in [0.717, 1.165) is 0 Å². The van der Waals surface area contributed by atoms with Gasteiger partial charge in [-0.15, -0.1) is 0 Å². The van der Waals surface area contributed by atoms with Crippen LogP contribution in [0.3, 0.4) is 0 Å². The van der Waals surface area contributed by atoms with Crippen LogP contribution in [0.15, 0.2) is 0 Å². The number of carbonyl (C=O) groups is 3. The molecule has 17 heavy (non-hydrogen) atoms. The second-order valence-corrected chi connectivity index (χ2v) is 3.45. The van der Waals surface area contributed by atoms with E-state index < -0.39 is 36.1 Å². The van der Waals surface area contributed by atoms with Crippen molar-refractivity contribution in [3.63, 3.8) is 0 Å². The number of esters is 3. The molecule has 0 aliphatic heterocycles. The molecule has 8 nitrogen and oxygen atoms in total. The third kappa shape index (κ3) is 5.38. The summed E-state index contributed by atoms with van der Waals surface area (Å²) >= 11 is 0. The van der Waals surface area contributed by atoms with Crippen molar-refractivity contribution in [2.75, 3.05) is 6.54 Å². The highest BCUT2D eigenvalue weighted by molar-refractivity contribution is 5.90. The summed E-state index contributed by atoms with van der Waals surface area (Å²) in [5.41, 5.74) is 15.6. The summed E-state index contributed by atoms with van der Waals surface area (Å²) in [6.07, 6.45) is -0.945. The molecule has 0 heterocycles. The molecule has 0 aliphatic rings. The third-order valence-corrected chi connectivity index (χ3v) is 1.83. The maximum Gasteiger partial charge on any atom is 0.334 e. The zero-order chi connectivity index (χ0) is 13.6. The summed E-state index contributed by atoms with van der Waals surface area (Å²) < 4.78 is 9.05. The molecule has 0 saturated carbocycles. The molecule has 98 valence electrons. The Morgan fingerprint density at radius 1 is 1.12 bits per heavy atom. The Labute approximate surface area is 98.4 Å². The van der Waals surface area contributed by atoms with Crippen LogP contribution in [0.25, 0.3) is 0 Å². The summed E-state index contributed by atoms with van der Waals surface area (Å²) in [6, 6.07) is -2.21. The van der Waals surface area contributed by atoms with Gasteiger partial charge in [0.1, 0.15) is 18.2 Å². The lowest BCUT2D eigenvalue weighted by atomic mass is 10.2. The molecule has 3 atom stereocenters. The highest BCUT2D eigenvalue weighted by atomic mass is 16.6. The number of hydrogen-bond acceptors (Lipinski definition) is 8. The molecule has 0 spiro atoms. The monoisotopic (exact) mass is 247 g/mol. The topological polar surface area (TPSA) is 148 Å². The summed E-state index contributed by atoms with van der Waals surface area (Å²) in [7, 11) is 0. The zero-order valence-electron chi connectivity index (χ0n) is 9.71. The molecule has 0 saturated heterocycles. The molecule has 0 radical (unpaired) electrons. The minimum atomic E-state index is -1.27. The van der Waals surface area contributed by atoms with Crippen LogP contribution in [-0.2, 0) is 23.9 Å². The van der Waals surface area contributed by atoms with E-state index in [4.69, 9.17) is 21.9 Å². The highest BCUT2D eigenvalue weighted by Gasteiger charge is 2.27. The van der Waals surface area contributed by atoms with Crippen molar-refractivity contribution in [3.05, 3.63) is 0 Å². The standard InChI is InChI=1S/C9H17N3O5/c1-4(11)8(14)17-9(15)7(12)5(2)16-6(13)3-10/h4-5,7H,3,10-12H2,1-2H3/t4-,5+,7-/m0/s1. The number of nitrogens with two attached hydrogens (primary N) is 3. The number of rotatable bonds is 5. The minimum Gasteiger partial charge on any atom is -0.459 e. The lowest BCUT2D eigenvalue weighted by Gasteiger charge is -2.18. The second-order valence-electron chi connectivity index (χ2n) is 3.45. The Hall–Kier alpha value is -1.51. The van der Waals surface area contributed by atoms with Crippen LogP contribution < -0.4 is 17.2 Å². The molecule has 0 aliphatic carbocycles. The second kappa shape index (κ2) is 6.94. The first-order chi connectivity index (χ1) is 7.79. The van der Waals surface area contributed by atoms with E-state index in [-0.39, 0.29) is 6.54 Å². The number of ether oxygens (including phenoxy) is 2. The van der Waals surface area contributed by atoms with E-state index in [0.29, 0.717) is 0 Å². The van der Waals surface area contributed by atoms with Gasteiger partial charge in [0.2, 0.25) is 0 Å². The van der Waals surface area contributed by atoms with E-state index in [2.05, 4.69) is 4.74 Å². The molecule has 0 aromatic rings. The lowest BCUT2D eigenvalue weighted by Crippen LogP contribution is -2.46. The van der Waals surface area contributed by atoms with E-state index in [1.165, 1.54) is 13.8 Å². The van der Waals surface area contributed by atoms with Gasteiger partial charge in [0.25, 0.3) is 0 Å². The Bertz CT molecular complexity index is 305. The lowest BCUT2D eigenvalue weighted by molar-refractivity contribution is -0.164. The van der Waals surface area contributed by atoms with Crippen molar-refractivity contribution in [2.45, 2.75) is 32.0 Å². The van der Waals surface area contributed by atoms with Crippen LogP contribution in [0.2, 0.25) is 0 Å². The predicted molar refractivity (Wildman–Crippen MR) is 57.3 cm³/mol. The van der Waals surface area contributed by atoms with Gasteiger partial charge in [-0.25, -0.2) is 9.59 Å². The maximum absolute atomic E-state index is 11.3. The molecule has 0 fully saturated rings. The minimum absolute atomic E-state index is 0.328. The van der Waals surface area contributed by atoms with Gasteiger partial charge in [0, 0.05) is 0 Å². The van der Waals surface area contributed by atoms with Gasteiger partial charge in [-0.3, -0.25) is 4.79 Å². The van der Waals surface area contributed by atoms with Crippen molar-refractivity contribution < 1.29 is 23.9 Å². The van der Waals surface area contributed by atoms with Crippen molar-refractivity contribution in [1.82, 2.24) is 0 Å². The SMILES string of the molecule is C[C@H](N)C(=O)OC(=O)[C@@H](N)[C@@H](C)OC(=O)CN. The number of carbonyl (C=O) groups excluding carboxylic acids is 3. The van der Waals surface area contributed by atoms with Crippen LogP contribution in [0.5, 0.6) is 0 Å². The molecular formula is C9H17N3O5. The third-order valence-electron chi connectivity index (χ3n) is 1.83. The largest absolute Gasteiger partial charge is 0.459 e. The smallest absolute Gasteiger partial charge is 0.334 e. The van der Waals surface area contributed by atoms with E-state index in [9.17, 15) is 14.4 Å². The van der Waals surface area contributed by atoms with E-state index in [1.807, 2.05) is 0 Å². The molecule has 0 unspecified atom stereocenters. The van der Waals surface area contributed by atoms with Gasteiger partial charge >= 0.3 is 17.9 Å². The van der Waals surface area contributed by atoms with E-state index >= 15 is 0 Å². The molecular weight excluding hydrogens is 230 g/mol. The average molecular weight is 247 g/mol. The van der Waals surface area contributed by atoms with Gasteiger partial charge < -0.3 is 26.7 Å². The molecule has 0 amide bonds. The van der Waals surface area contributed by atoms with Crippen LogP contribution >= 0.6 is 0 Å². The Morgan fingerprint density at radius 2 is 1.65 bits per heavy atom. The number of hydrogen-bond donors (Lipinski definition) is 3. The molecule has 6 N–H and O–H groups in total. The van der Waals surface area contributed by atoms with Crippen LogP contribution in [0.4, 0.5) is 0 Å². The van der Waals surface area contributed by atoms with Crippen LogP contribution in [0, 0.1) is 0 Å². The van der Waals surface area contributed by atoms with Gasteiger partial charge in [-0.05, 0) is 13.8 Å².